The molecule has 0 bridgehead atoms. The van der Waals surface area contributed by atoms with Gasteiger partial charge in [-0.3, -0.25) is 19.2 Å². The van der Waals surface area contributed by atoms with Gasteiger partial charge in [-0.2, -0.15) is 8.78 Å². The Morgan fingerprint density at radius 1 is 1.05 bits per heavy atom. The summed E-state index contributed by atoms with van der Waals surface area (Å²) in [5.41, 5.74) is -0.481. The third kappa shape index (κ3) is 8.00. The minimum Gasteiger partial charge on any atom is -0.434 e. The summed E-state index contributed by atoms with van der Waals surface area (Å²) in [5.74, 6) is -7.25. The van der Waals surface area contributed by atoms with Gasteiger partial charge >= 0.3 is 12.0 Å². The quantitative estimate of drug-likeness (QED) is 0.280. The average Bonchev–Trinajstić information content (AvgIpc) is 3.68. The van der Waals surface area contributed by atoms with E-state index in [1.54, 1.807) is 6.07 Å². The highest BCUT2D eigenvalue weighted by atomic mass is 35.5. The summed E-state index contributed by atoms with van der Waals surface area (Å²) >= 11 is 5.90. The molecule has 13 heteroatoms. The minimum absolute atomic E-state index is 0.000692. The van der Waals surface area contributed by atoms with E-state index in [1.807, 2.05) is 0 Å². The Bertz CT molecular complexity index is 1310. The molecule has 0 radical (unpaired) electrons. The number of Topliss-reactive ketones (excluding diaryl/α,β-unsaturated/α-hetero) is 1. The molecule has 4 rings (SSSR count). The summed E-state index contributed by atoms with van der Waals surface area (Å²) in [7, 11) is 0. The summed E-state index contributed by atoms with van der Waals surface area (Å²) in [4.78, 5) is 62.4. The predicted octanol–water partition coefficient (Wildman–Crippen LogP) is 2.76. The summed E-state index contributed by atoms with van der Waals surface area (Å²) in [6, 6.07) is 10.9. The van der Waals surface area contributed by atoms with Gasteiger partial charge in [-0.05, 0) is 43.4 Å². The van der Waals surface area contributed by atoms with E-state index in [9.17, 15) is 24.0 Å². The molecule has 1 saturated heterocycles. The van der Waals surface area contributed by atoms with E-state index < -0.39 is 59.8 Å². The molecular weight excluding hydrogens is 562 g/mol. The van der Waals surface area contributed by atoms with Crippen LogP contribution in [0.5, 0.6) is 0 Å². The zero-order valence-electron chi connectivity index (χ0n) is 21.8. The van der Waals surface area contributed by atoms with Crippen molar-refractivity contribution in [3.63, 3.8) is 0 Å². The van der Waals surface area contributed by atoms with Gasteiger partial charge in [-0.15, -0.1) is 0 Å². The first-order chi connectivity index (χ1) is 19.5. The fraction of sp³-hybridized carbons (Fsp3) is 0.393. The molecule has 2 aliphatic rings. The van der Waals surface area contributed by atoms with Gasteiger partial charge < -0.3 is 26.0 Å². The first-order valence-corrected chi connectivity index (χ1v) is 13.5. The van der Waals surface area contributed by atoms with E-state index in [-0.39, 0.29) is 29.0 Å². The number of amides is 4. The number of ketones is 1. The maximum absolute atomic E-state index is 15.6. The van der Waals surface area contributed by atoms with Crippen LogP contribution in [0.4, 0.5) is 13.6 Å². The fourth-order valence-electron chi connectivity index (χ4n) is 4.40. The monoisotopic (exact) mass is 590 g/mol. The standard InChI is InChI=1S/C28H29ClF2N4O6/c29-19-8-4-7-18(14-19)28(30,31)24(16-5-2-1-3-6-16)41-27(40)33-15-22(36)35-21(13-17-11-12-32-25(17)38)23(37)26(39)34-20-9-10-20/h1-8,14,17,20-21,24H,9-13,15H2,(H,32,38)(H,33,40)(H,34,39)(H,35,36). The molecule has 1 aliphatic heterocycles. The van der Waals surface area contributed by atoms with Gasteiger partial charge in [0.2, 0.25) is 17.6 Å². The molecule has 2 aromatic rings. The van der Waals surface area contributed by atoms with E-state index in [1.165, 1.54) is 36.4 Å². The molecule has 3 unspecified atom stereocenters. The number of halogens is 3. The van der Waals surface area contributed by atoms with Gasteiger partial charge in [0.25, 0.3) is 5.91 Å². The molecule has 4 amide bonds. The van der Waals surface area contributed by atoms with Crippen LogP contribution in [0.2, 0.25) is 5.02 Å². The predicted molar refractivity (Wildman–Crippen MR) is 143 cm³/mol. The molecule has 0 aromatic heterocycles. The molecule has 2 aromatic carbocycles. The lowest BCUT2D eigenvalue weighted by atomic mass is 9.95. The molecule has 3 atom stereocenters. The van der Waals surface area contributed by atoms with Crippen LogP contribution in [0.3, 0.4) is 0 Å². The van der Waals surface area contributed by atoms with E-state index in [2.05, 4.69) is 21.3 Å². The van der Waals surface area contributed by atoms with Gasteiger partial charge in [0.15, 0.2) is 6.10 Å². The fourth-order valence-corrected chi connectivity index (χ4v) is 4.59. The summed E-state index contributed by atoms with van der Waals surface area (Å²) in [5, 5.41) is 9.74. The van der Waals surface area contributed by atoms with Crippen molar-refractivity contribution in [2.75, 3.05) is 13.1 Å². The maximum atomic E-state index is 15.6. The lowest BCUT2D eigenvalue weighted by Crippen LogP contribution is -2.51. The molecule has 1 heterocycles. The Balaban J connectivity index is 1.40. The highest BCUT2D eigenvalue weighted by molar-refractivity contribution is 6.38. The number of carbonyl (C=O) groups excluding carboxylic acids is 5. The number of hydrogen-bond acceptors (Lipinski definition) is 6. The molecule has 41 heavy (non-hydrogen) atoms. The molecule has 1 aliphatic carbocycles. The van der Waals surface area contributed by atoms with E-state index in [0.717, 1.165) is 25.0 Å². The zero-order valence-corrected chi connectivity index (χ0v) is 22.6. The van der Waals surface area contributed by atoms with Crippen LogP contribution in [0.25, 0.3) is 0 Å². The number of benzene rings is 2. The van der Waals surface area contributed by atoms with Crippen LogP contribution in [-0.2, 0) is 29.8 Å². The van der Waals surface area contributed by atoms with Gasteiger partial charge in [0.1, 0.15) is 6.54 Å². The van der Waals surface area contributed by atoms with E-state index in [4.69, 9.17) is 16.3 Å². The van der Waals surface area contributed by atoms with Crippen LogP contribution in [0.1, 0.15) is 42.9 Å². The van der Waals surface area contributed by atoms with Gasteiger partial charge in [-0.1, -0.05) is 54.1 Å². The van der Waals surface area contributed by atoms with Crippen molar-refractivity contribution in [1.29, 1.82) is 0 Å². The third-order valence-corrected chi connectivity index (χ3v) is 6.97. The summed E-state index contributed by atoms with van der Waals surface area (Å²) in [6.45, 7) is -0.337. The van der Waals surface area contributed by atoms with Crippen molar-refractivity contribution in [3.05, 3.63) is 70.7 Å². The Kier molecular flexibility index (Phi) is 9.53. The van der Waals surface area contributed by atoms with Crippen molar-refractivity contribution >= 4 is 41.2 Å². The third-order valence-electron chi connectivity index (χ3n) is 6.73. The first-order valence-electron chi connectivity index (χ1n) is 13.1. The van der Waals surface area contributed by atoms with Crippen LogP contribution >= 0.6 is 11.6 Å². The number of alkyl halides is 2. The van der Waals surface area contributed by atoms with Crippen molar-refractivity contribution in [1.82, 2.24) is 21.3 Å². The van der Waals surface area contributed by atoms with Crippen molar-refractivity contribution in [3.8, 4) is 0 Å². The SMILES string of the molecule is O=C(CNC(=O)OC(c1ccccc1)C(F)(F)c1cccc(Cl)c1)NC(CC1CCNC1=O)C(=O)C(=O)NC1CC1. The molecule has 0 spiro atoms. The molecule has 218 valence electrons. The summed E-state index contributed by atoms with van der Waals surface area (Å²) in [6.07, 6.45) is -1.58. The molecule has 4 N–H and O–H groups in total. The van der Waals surface area contributed by atoms with Crippen LogP contribution in [0.15, 0.2) is 54.6 Å². The molecule has 10 nitrogen and oxygen atoms in total. The number of rotatable bonds is 12. The number of alkyl carbamates (subject to hydrolysis) is 1. The van der Waals surface area contributed by atoms with Crippen molar-refractivity contribution in [2.45, 2.75) is 49.8 Å². The van der Waals surface area contributed by atoms with Gasteiger partial charge in [0, 0.05) is 29.1 Å². The Morgan fingerprint density at radius 3 is 2.41 bits per heavy atom. The van der Waals surface area contributed by atoms with Gasteiger partial charge in [-0.25, -0.2) is 4.79 Å². The van der Waals surface area contributed by atoms with Crippen LogP contribution in [-0.4, -0.2) is 54.8 Å². The summed E-state index contributed by atoms with van der Waals surface area (Å²) < 4.78 is 36.2. The Labute approximate surface area is 239 Å². The first kappa shape index (κ1) is 29.9. The second-order valence-electron chi connectivity index (χ2n) is 9.93. The highest BCUT2D eigenvalue weighted by Crippen LogP contribution is 2.43. The second-order valence-corrected chi connectivity index (χ2v) is 10.4. The number of hydrogen-bond donors (Lipinski definition) is 4. The average molecular weight is 591 g/mol. The van der Waals surface area contributed by atoms with Crippen molar-refractivity contribution in [2.24, 2.45) is 5.92 Å². The minimum atomic E-state index is -3.69. The Hall–Kier alpha value is -4.06. The zero-order chi connectivity index (χ0) is 29.6. The largest absolute Gasteiger partial charge is 0.434 e. The molecule has 2 fully saturated rings. The molecule has 1 saturated carbocycles. The highest BCUT2D eigenvalue weighted by Gasteiger charge is 2.45. The van der Waals surface area contributed by atoms with Crippen LogP contribution < -0.4 is 21.3 Å². The van der Waals surface area contributed by atoms with Gasteiger partial charge in [0.05, 0.1) is 6.04 Å². The maximum Gasteiger partial charge on any atom is 0.408 e. The smallest absolute Gasteiger partial charge is 0.408 e. The second kappa shape index (κ2) is 13.1. The van der Waals surface area contributed by atoms with Crippen LogP contribution in [0, 0.1) is 5.92 Å². The van der Waals surface area contributed by atoms with E-state index in [0.29, 0.717) is 13.0 Å². The normalized spacial score (nSPS) is 18.0. The lowest BCUT2D eigenvalue weighted by Gasteiger charge is -2.27. The Morgan fingerprint density at radius 2 is 1.78 bits per heavy atom. The number of carbonyl (C=O) groups is 5. The molecular formula is C28H29ClF2N4O6. The van der Waals surface area contributed by atoms with E-state index >= 15 is 8.78 Å². The van der Waals surface area contributed by atoms with Crippen molar-refractivity contribution < 1.29 is 37.5 Å². The topological polar surface area (TPSA) is 143 Å². The number of nitrogens with one attached hydrogen (secondary N) is 4. The number of ether oxygens (including phenoxy) is 1. The lowest BCUT2D eigenvalue weighted by molar-refractivity contribution is -0.140.